The Morgan fingerprint density at radius 2 is 2.27 bits per heavy atom. The number of fused-ring (bicyclic) bond motifs is 1. The smallest absolute Gasteiger partial charge is 0.303 e. The highest BCUT2D eigenvalue weighted by Crippen LogP contribution is 2.52. The molecule has 2 unspecified atom stereocenters. The number of carbonyl (C=O) groups is 1. The fourth-order valence-corrected chi connectivity index (χ4v) is 2.81. The zero-order chi connectivity index (χ0) is 7.84. The van der Waals surface area contributed by atoms with Gasteiger partial charge in [0.25, 0.3) is 0 Å². The number of rotatable bonds is 2. The van der Waals surface area contributed by atoms with Crippen molar-refractivity contribution in [2.75, 3.05) is 0 Å². The first-order valence-corrected chi connectivity index (χ1v) is 4.49. The maximum absolute atomic E-state index is 10.4. The van der Waals surface area contributed by atoms with E-state index >= 15 is 0 Å². The van der Waals surface area contributed by atoms with Gasteiger partial charge in [0.05, 0.1) is 0 Å². The Morgan fingerprint density at radius 3 is 2.91 bits per heavy atom. The van der Waals surface area contributed by atoms with Crippen molar-refractivity contribution in [1.29, 1.82) is 0 Å². The summed E-state index contributed by atoms with van der Waals surface area (Å²) in [6.45, 7) is 0. The van der Waals surface area contributed by atoms with Gasteiger partial charge in [-0.1, -0.05) is 12.8 Å². The Morgan fingerprint density at radius 1 is 1.45 bits per heavy atom. The molecular weight excluding hydrogens is 140 g/mol. The van der Waals surface area contributed by atoms with Crippen molar-refractivity contribution < 1.29 is 9.90 Å². The van der Waals surface area contributed by atoms with Gasteiger partial charge in [-0.3, -0.25) is 4.79 Å². The number of hydrogen-bond donors (Lipinski definition) is 1. The molecule has 0 bridgehead atoms. The molecular formula is C9H14O2. The van der Waals surface area contributed by atoms with E-state index in [9.17, 15) is 4.79 Å². The van der Waals surface area contributed by atoms with Crippen molar-refractivity contribution in [1.82, 2.24) is 0 Å². The van der Waals surface area contributed by atoms with Crippen molar-refractivity contribution in [3.8, 4) is 0 Å². The van der Waals surface area contributed by atoms with E-state index in [0.717, 1.165) is 11.8 Å². The molecule has 1 N–H and O–H groups in total. The molecule has 2 aliphatic rings. The minimum Gasteiger partial charge on any atom is -0.481 e. The number of aliphatic carboxylic acids is 1. The van der Waals surface area contributed by atoms with Crippen molar-refractivity contribution in [2.45, 2.75) is 32.1 Å². The van der Waals surface area contributed by atoms with Crippen LogP contribution in [0.5, 0.6) is 0 Å². The first kappa shape index (κ1) is 7.14. The van der Waals surface area contributed by atoms with E-state index in [2.05, 4.69) is 0 Å². The van der Waals surface area contributed by atoms with Crippen LogP contribution in [-0.2, 0) is 4.79 Å². The van der Waals surface area contributed by atoms with E-state index in [1.54, 1.807) is 0 Å². The molecule has 11 heavy (non-hydrogen) atoms. The molecule has 0 aromatic carbocycles. The van der Waals surface area contributed by atoms with E-state index in [-0.39, 0.29) is 0 Å². The average molecular weight is 154 g/mol. The number of hydrogen-bond acceptors (Lipinski definition) is 1. The van der Waals surface area contributed by atoms with Crippen LogP contribution in [0.1, 0.15) is 32.1 Å². The summed E-state index contributed by atoms with van der Waals surface area (Å²) < 4.78 is 0. The number of carboxylic acid groups (broad SMARTS) is 1. The van der Waals surface area contributed by atoms with E-state index in [4.69, 9.17) is 5.11 Å². The lowest BCUT2D eigenvalue weighted by atomic mass is 9.65. The SMILES string of the molecule is O=C(O)CC1CC2CCC[C@H]21. The van der Waals surface area contributed by atoms with Gasteiger partial charge in [-0.25, -0.2) is 0 Å². The van der Waals surface area contributed by atoms with Crippen LogP contribution in [-0.4, -0.2) is 11.1 Å². The summed E-state index contributed by atoms with van der Waals surface area (Å²) in [5.74, 6) is 1.60. The summed E-state index contributed by atoms with van der Waals surface area (Å²) in [4.78, 5) is 10.4. The lowest BCUT2D eigenvalue weighted by Gasteiger charge is -2.39. The molecule has 0 spiro atoms. The highest BCUT2D eigenvalue weighted by molar-refractivity contribution is 5.67. The molecule has 0 saturated heterocycles. The van der Waals surface area contributed by atoms with Gasteiger partial charge >= 0.3 is 5.97 Å². The van der Waals surface area contributed by atoms with Crippen LogP contribution in [0.25, 0.3) is 0 Å². The zero-order valence-corrected chi connectivity index (χ0v) is 6.62. The Labute approximate surface area is 66.6 Å². The Kier molecular flexibility index (Phi) is 1.63. The van der Waals surface area contributed by atoms with Gasteiger partial charge in [0.2, 0.25) is 0 Å². The van der Waals surface area contributed by atoms with Crippen molar-refractivity contribution >= 4 is 5.97 Å². The summed E-state index contributed by atoms with van der Waals surface area (Å²) in [6, 6.07) is 0. The third kappa shape index (κ3) is 1.15. The molecule has 62 valence electrons. The van der Waals surface area contributed by atoms with E-state index < -0.39 is 5.97 Å². The monoisotopic (exact) mass is 154 g/mol. The van der Waals surface area contributed by atoms with Crippen LogP contribution >= 0.6 is 0 Å². The molecule has 2 nitrogen and oxygen atoms in total. The summed E-state index contributed by atoms with van der Waals surface area (Å²) in [5, 5.41) is 8.57. The lowest BCUT2D eigenvalue weighted by Crippen LogP contribution is -2.33. The normalized spacial score (nSPS) is 41.3. The fraction of sp³-hybridized carbons (Fsp3) is 0.889. The molecule has 0 aromatic heterocycles. The molecule has 0 heterocycles. The molecule has 2 heteroatoms. The average Bonchev–Trinajstić information content (AvgIpc) is 2.26. The molecule has 0 aliphatic heterocycles. The standard InChI is InChI=1S/C9H14O2/c10-9(11)5-7-4-6-2-1-3-8(6)7/h6-8H,1-5H2,(H,10,11)/t6?,7?,8-/m1/s1. The van der Waals surface area contributed by atoms with E-state index in [0.29, 0.717) is 12.3 Å². The van der Waals surface area contributed by atoms with Crippen LogP contribution in [0, 0.1) is 17.8 Å². The summed E-state index contributed by atoms with van der Waals surface area (Å²) in [6.07, 6.45) is 5.60. The predicted octanol–water partition coefficient (Wildman–Crippen LogP) is 1.90. The summed E-state index contributed by atoms with van der Waals surface area (Å²) >= 11 is 0. The van der Waals surface area contributed by atoms with Gasteiger partial charge in [-0.05, 0) is 30.6 Å². The lowest BCUT2D eigenvalue weighted by molar-refractivity contribution is -0.140. The van der Waals surface area contributed by atoms with Gasteiger partial charge in [-0.2, -0.15) is 0 Å². The Balaban J connectivity index is 1.85. The van der Waals surface area contributed by atoms with Gasteiger partial charge < -0.3 is 5.11 Å². The predicted molar refractivity (Wildman–Crippen MR) is 41.2 cm³/mol. The van der Waals surface area contributed by atoms with Gasteiger partial charge in [-0.15, -0.1) is 0 Å². The highest BCUT2D eigenvalue weighted by Gasteiger charge is 2.43. The molecule has 2 saturated carbocycles. The van der Waals surface area contributed by atoms with Crippen molar-refractivity contribution in [3.63, 3.8) is 0 Å². The molecule has 2 rings (SSSR count). The molecule has 0 aromatic rings. The maximum Gasteiger partial charge on any atom is 0.303 e. The second-order valence-corrected chi connectivity index (χ2v) is 3.95. The molecule has 2 fully saturated rings. The van der Waals surface area contributed by atoms with Gasteiger partial charge in [0, 0.05) is 6.42 Å². The van der Waals surface area contributed by atoms with Crippen LogP contribution in [0.2, 0.25) is 0 Å². The molecule has 3 atom stereocenters. The fourth-order valence-electron chi connectivity index (χ4n) is 2.81. The van der Waals surface area contributed by atoms with Crippen LogP contribution in [0.15, 0.2) is 0 Å². The first-order chi connectivity index (χ1) is 5.27. The second-order valence-electron chi connectivity index (χ2n) is 3.95. The van der Waals surface area contributed by atoms with Crippen molar-refractivity contribution in [2.24, 2.45) is 17.8 Å². The minimum absolute atomic E-state index is 0.418. The number of carboxylic acids is 1. The largest absolute Gasteiger partial charge is 0.481 e. The van der Waals surface area contributed by atoms with Crippen LogP contribution < -0.4 is 0 Å². The Bertz CT molecular complexity index is 176. The van der Waals surface area contributed by atoms with Crippen LogP contribution in [0.3, 0.4) is 0 Å². The van der Waals surface area contributed by atoms with Crippen molar-refractivity contribution in [3.05, 3.63) is 0 Å². The highest BCUT2D eigenvalue weighted by atomic mass is 16.4. The summed E-state index contributed by atoms with van der Waals surface area (Å²) in [7, 11) is 0. The van der Waals surface area contributed by atoms with Gasteiger partial charge in [0.15, 0.2) is 0 Å². The second kappa shape index (κ2) is 2.50. The van der Waals surface area contributed by atoms with Gasteiger partial charge in [0.1, 0.15) is 0 Å². The van der Waals surface area contributed by atoms with E-state index in [1.807, 2.05) is 0 Å². The quantitative estimate of drug-likeness (QED) is 0.659. The first-order valence-electron chi connectivity index (χ1n) is 4.49. The zero-order valence-electron chi connectivity index (χ0n) is 6.62. The third-order valence-corrected chi connectivity index (χ3v) is 3.37. The van der Waals surface area contributed by atoms with E-state index in [1.165, 1.54) is 25.7 Å². The topological polar surface area (TPSA) is 37.3 Å². The minimum atomic E-state index is -0.611. The molecule has 0 amide bonds. The maximum atomic E-state index is 10.4. The molecule has 0 radical (unpaired) electrons. The molecule has 2 aliphatic carbocycles. The summed E-state index contributed by atoms with van der Waals surface area (Å²) in [5.41, 5.74) is 0. The Hall–Kier alpha value is -0.530. The van der Waals surface area contributed by atoms with Crippen LogP contribution in [0.4, 0.5) is 0 Å². The third-order valence-electron chi connectivity index (χ3n) is 3.37.